The molecule has 2 saturated heterocycles. The Morgan fingerprint density at radius 3 is 2.78 bits per heavy atom. The van der Waals surface area contributed by atoms with Crippen molar-refractivity contribution < 1.29 is 37.9 Å². The molecule has 2 aromatic heterocycles. The number of aliphatic hydroxyl groups is 1. The summed E-state index contributed by atoms with van der Waals surface area (Å²) < 4.78 is 37.1. The Labute approximate surface area is 241 Å². The molecule has 16 heteroatoms. The van der Waals surface area contributed by atoms with Gasteiger partial charge in [0.05, 0.1) is 32.3 Å². The maximum atomic E-state index is 12.5. The number of ether oxygens (including phenoxy) is 4. The van der Waals surface area contributed by atoms with Crippen molar-refractivity contribution in [1.82, 2.24) is 24.6 Å². The maximum Gasteiger partial charge on any atom is 0.323 e. The van der Waals surface area contributed by atoms with Gasteiger partial charge in [0.15, 0.2) is 17.4 Å². The van der Waals surface area contributed by atoms with Gasteiger partial charge in [-0.15, -0.1) is 0 Å². The number of aliphatic hydroxyl groups excluding tert-OH is 1. The van der Waals surface area contributed by atoms with Crippen molar-refractivity contribution in [1.29, 1.82) is 0 Å². The van der Waals surface area contributed by atoms with Gasteiger partial charge in [0.1, 0.15) is 29.6 Å². The summed E-state index contributed by atoms with van der Waals surface area (Å²) in [7, 11) is 0. The lowest BCUT2D eigenvalue weighted by molar-refractivity contribution is -0.182. The highest BCUT2D eigenvalue weighted by molar-refractivity contribution is 8.09. The van der Waals surface area contributed by atoms with E-state index in [1.54, 1.807) is 49.6 Å². The molecule has 3 aromatic rings. The van der Waals surface area contributed by atoms with E-state index in [9.17, 15) is 9.90 Å². The maximum absolute atomic E-state index is 12.5. The number of nitrogen functional groups attached to an aromatic ring is 1. The van der Waals surface area contributed by atoms with E-state index in [-0.39, 0.29) is 31.1 Å². The van der Waals surface area contributed by atoms with Gasteiger partial charge in [-0.2, -0.15) is 9.97 Å². The van der Waals surface area contributed by atoms with Crippen LogP contribution in [0.25, 0.3) is 11.2 Å². The number of benzene rings is 1. The molecule has 2 bridgehead atoms. The molecule has 2 aliphatic rings. The molecule has 0 saturated carbocycles. The summed E-state index contributed by atoms with van der Waals surface area (Å²) in [6.45, 7) is 3.76. The Bertz CT molecular complexity index is 1440. The first-order valence-electron chi connectivity index (χ1n) is 13.1. The van der Waals surface area contributed by atoms with Crippen molar-refractivity contribution in [3.63, 3.8) is 0 Å². The second-order valence-corrected chi connectivity index (χ2v) is 13.1. The minimum atomic E-state index is -3.39. The standard InChI is InChI=1S/C25H33N6O8PS/c1-5-34-21-17-20(28-24(26)29-21)31(13-27-17)22-18-19(32)25(38-22,11-35-18)12-36-40(41,39-16-9-7-6-8-10-16)30-15(4)23(33)37-14(2)3/h6-10,13-15,18-19,22,32H,5,11-12H2,1-4H3,(H,30,41)(H2,26,28,29)/t15-,18-,19+,22-,25-,40-/m1/s1. The van der Waals surface area contributed by atoms with Crippen molar-refractivity contribution in [3.05, 3.63) is 36.7 Å². The Kier molecular flexibility index (Phi) is 8.48. The lowest BCUT2D eigenvalue weighted by Crippen LogP contribution is -2.46. The van der Waals surface area contributed by atoms with Gasteiger partial charge in [-0.1, -0.05) is 18.2 Å². The van der Waals surface area contributed by atoms with Gasteiger partial charge in [-0.05, 0) is 51.6 Å². The largest absolute Gasteiger partial charge is 0.476 e. The van der Waals surface area contributed by atoms with Crippen molar-refractivity contribution in [2.45, 2.75) is 63.9 Å². The van der Waals surface area contributed by atoms with E-state index in [1.807, 2.05) is 13.0 Å². The predicted octanol–water partition coefficient (Wildman–Crippen LogP) is 2.08. The monoisotopic (exact) mass is 608 g/mol. The molecule has 0 radical (unpaired) electrons. The first-order valence-corrected chi connectivity index (χ1v) is 15.8. The van der Waals surface area contributed by atoms with Crippen LogP contribution in [-0.2, 0) is 35.3 Å². The van der Waals surface area contributed by atoms with Crippen LogP contribution >= 0.6 is 6.64 Å². The minimum absolute atomic E-state index is 0.000286. The third-order valence-electron chi connectivity index (χ3n) is 6.47. The van der Waals surface area contributed by atoms with E-state index in [1.165, 1.54) is 6.33 Å². The van der Waals surface area contributed by atoms with E-state index in [4.69, 9.17) is 45.5 Å². The summed E-state index contributed by atoms with van der Waals surface area (Å²) >= 11 is 5.81. The van der Waals surface area contributed by atoms with Crippen molar-refractivity contribution in [2.24, 2.45) is 0 Å². The van der Waals surface area contributed by atoms with E-state index in [0.717, 1.165) is 0 Å². The number of esters is 1. The molecule has 0 aliphatic carbocycles. The number of aromatic nitrogens is 4. The molecule has 222 valence electrons. The normalized spacial score (nSPS) is 25.8. The number of nitrogens with one attached hydrogen (secondary N) is 1. The highest BCUT2D eigenvalue weighted by Crippen LogP contribution is 2.51. The first-order chi connectivity index (χ1) is 19.5. The van der Waals surface area contributed by atoms with Gasteiger partial charge in [-0.3, -0.25) is 9.36 Å². The zero-order valence-electron chi connectivity index (χ0n) is 23.0. The number of imidazole rings is 1. The lowest BCUT2D eigenvalue weighted by atomic mass is 10.0. The average molecular weight is 609 g/mol. The number of nitrogens with two attached hydrogens (primary N) is 1. The van der Waals surface area contributed by atoms with Crippen molar-refractivity contribution >= 4 is 41.5 Å². The second kappa shape index (κ2) is 11.8. The smallest absolute Gasteiger partial charge is 0.323 e. The predicted molar refractivity (Wildman–Crippen MR) is 151 cm³/mol. The SMILES string of the molecule is CCOc1nc(N)nc2c1ncn2[C@@H]1O[C@@]2(CO[P@](=S)(N[C@H](C)C(=O)OC(C)C)Oc3ccccc3)CO[C@@H]1[C@@H]2O. The van der Waals surface area contributed by atoms with E-state index < -0.39 is 42.7 Å². The number of hydrogen-bond acceptors (Lipinski definition) is 13. The molecule has 41 heavy (non-hydrogen) atoms. The van der Waals surface area contributed by atoms with E-state index >= 15 is 0 Å². The van der Waals surface area contributed by atoms with E-state index in [2.05, 4.69) is 20.0 Å². The summed E-state index contributed by atoms with van der Waals surface area (Å²) in [5.41, 5.74) is 5.38. The van der Waals surface area contributed by atoms with Crippen LogP contribution < -0.4 is 20.1 Å². The molecular weight excluding hydrogens is 575 g/mol. The minimum Gasteiger partial charge on any atom is -0.476 e. The second-order valence-electron chi connectivity index (χ2n) is 9.95. The highest BCUT2D eigenvalue weighted by atomic mass is 32.5. The molecule has 4 N–H and O–H groups in total. The van der Waals surface area contributed by atoms with Crippen LogP contribution in [0.2, 0.25) is 0 Å². The number of fused-ring (bicyclic) bond motifs is 3. The van der Waals surface area contributed by atoms with Crippen LogP contribution in [0, 0.1) is 0 Å². The third-order valence-corrected chi connectivity index (χ3v) is 8.95. The average Bonchev–Trinajstić information content (AvgIpc) is 3.57. The molecule has 14 nitrogen and oxygen atoms in total. The number of carbonyl (C=O) groups is 1. The number of para-hydroxylation sites is 1. The number of anilines is 1. The van der Waals surface area contributed by atoms with Crippen LogP contribution in [0.3, 0.4) is 0 Å². The molecular formula is C25H33N6O8PS. The van der Waals surface area contributed by atoms with Crippen LogP contribution in [0.4, 0.5) is 5.95 Å². The topological polar surface area (TPSA) is 174 Å². The molecule has 1 aromatic carbocycles. The fourth-order valence-corrected chi connectivity index (χ4v) is 7.04. The molecule has 4 heterocycles. The molecule has 2 aliphatic heterocycles. The molecule has 6 atom stereocenters. The van der Waals surface area contributed by atoms with Crippen LogP contribution in [-0.4, -0.2) is 80.4 Å². The van der Waals surface area contributed by atoms with Crippen LogP contribution in [0.1, 0.15) is 33.9 Å². The van der Waals surface area contributed by atoms with Crippen molar-refractivity contribution in [3.8, 4) is 11.6 Å². The quantitative estimate of drug-likeness (QED) is 0.201. The van der Waals surface area contributed by atoms with Gasteiger partial charge in [0, 0.05) is 0 Å². The Morgan fingerprint density at radius 2 is 2.07 bits per heavy atom. The van der Waals surface area contributed by atoms with E-state index in [0.29, 0.717) is 23.5 Å². The number of rotatable bonds is 12. The summed E-state index contributed by atoms with van der Waals surface area (Å²) in [6, 6.07) is 8.03. The fraction of sp³-hybridized carbons (Fsp3) is 0.520. The summed E-state index contributed by atoms with van der Waals surface area (Å²) in [5.74, 6) is 0.185. The summed E-state index contributed by atoms with van der Waals surface area (Å²) in [4.78, 5) is 25.4. The van der Waals surface area contributed by atoms with Crippen LogP contribution in [0.15, 0.2) is 36.7 Å². The Hall–Kier alpha value is -2.91. The molecule has 2 fully saturated rings. The zero-order chi connectivity index (χ0) is 29.4. The van der Waals surface area contributed by atoms with Gasteiger partial charge >= 0.3 is 12.6 Å². The third kappa shape index (κ3) is 6.02. The molecule has 0 spiro atoms. The first kappa shape index (κ1) is 29.6. The number of hydrogen-bond donors (Lipinski definition) is 3. The lowest BCUT2D eigenvalue weighted by Gasteiger charge is -2.33. The summed E-state index contributed by atoms with van der Waals surface area (Å²) in [5, 5.41) is 14.3. The van der Waals surface area contributed by atoms with Gasteiger partial charge in [0.2, 0.25) is 11.8 Å². The van der Waals surface area contributed by atoms with Gasteiger partial charge < -0.3 is 38.8 Å². The molecule has 0 unspecified atom stereocenters. The Balaban J connectivity index is 1.38. The molecule has 5 rings (SSSR count). The number of nitrogens with zero attached hydrogens (tertiary/aromatic N) is 4. The van der Waals surface area contributed by atoms with Crippen molar-refractivity contribution in [2.75, 3.05) is 25.6 Å². The van der Waals surface area contributed by atoms with Crippen LogP contribution in [0.5, 0.6) is 11.6 Å². The number of carbonyl (C=O) groups excluding carboxylic acids is 1. The van der Waals surface area contributed by atoms with Gasteiger partial charge in [-0.25, -0.2) is 10.1 Å². The Morgan fingerprint density at radius 1 is 1.32 bits per heavy atom. The highest BCUT2D eigenvalue weighted by Gasteiger charge is 2.62. The zero-order valence-corrected chi connectivity index (χ0v) is 24.7. The summed E-state index contributed by atoms with van der Waals surface area (Å²) in [6.07, 6.45) is -1.46. The fourth-order valence-electron chi connectivity index (χ4n) is 4.60. The van der Waals surface area contributed by atoms with Gasteiger partial charge in [0.25, 0.3) is 0 Å². The molecule has 0 amide bonds.